The summed E-state index contributed by atoms with van der Waals surface area (Å²) >= 11 is 0. The SMILES string of the molecule is O=c1c2ccc3c4c2n2c5c1cccc5c1ccc[n+](c12)[N+]41n2nc(-c4ccccc4)cc2-c2cccc([n+]21)O3. The van der Waals surface area contributed by atoms with Crippen molar-refractivity contribution < 1.29 is 14.1 Å². The highest BCUT2D eigenvalue weighted by Gasteiger charge is 2.70. The Kier molecular flexibility index (Phi) is 2.92. The van der Waals surface area contributed by atoms with Gasteiger partial charge in [-0.25, -0.2) is 0 Å². The molecule has 1 atom stereocenters. The standard InChI is InChI=1S/C32H17N6O2/c39-31-21-10-4-9-19-20-11-6-16-34-32(20)35(28(19)21)29-22(31)14-15-26-30(29)38(34)36-24(12-5-13-27(36)40-26)25-17-23(33-37(25)38)18-7-2-1-3-8-18/h1-17H/q+3. The monoisotopic (exact) mass is 517 g/mol. The van der Waals surface area contributed by atoms with Crippen molar-refractivity contribution in [3.63, 3.8) is 0 Å². The van der Waals surface area contributed by atoms with Crippen LogP contribution in [0.2, 0.25) is 0 Å². The first-order valence-corrected chi connectivity index (χ1v) is 13.3. The van der Waals surface area contributed by atoms with Crippen molar-refractivity contribution in [3.05, 3.63) is 113 Å². The number of pyridine rings is 3. The van der Waals surface area contributed by atoms with E-state index in [2.05, 4.69) is 67.2 Å². The third-order valence-electron chi connectivity index (χ3n) is 8.85. The average Bonchev–Trinajstić information content (AvgIpc) is 3.67. The zero-order valence-corrected chi connectivity index (χ0v) is 20.8. The molecule has 40 heavy (non-hydrogen) atoms. The van der Waals surface area contributed by atoms with Crippen LogP contribution in [0.15, 0.2) is 108 Å². The lowest BCUT2D eigenvalue weighted by Crippen LogP contribution is -2.88. The average molecular weight is 518 g/mol. The molecule has 0 saturated carbocycles. The van der Waals surface area contributed by atoms with E-state index in [1.807, 2.05) is 54.6 Å². The van der Waals surface area contributed by atoms with Gasteiger partial charge in [-0.1, -0.05) is 36.4 Å². The second-order valence-electron chi connectivity index (χ2n) is 10.7. The maximum atomic E-state index is 14.1. The van der Waals surface area contributed by atoms with E-state index in [0.29, 0.717) is 17.0 Å². The van der Waals surface area contributed by atoms with Gasteiger partial charge in [0.25, 0.3) is 0 Å². The van der Waals surface area contributed by atoms with Gasteiger partial charge in [-0.05, 0) is 42.5 Å². The Labute approximate surface area is 224 Å². The molecule has 1 spiro atoms. The van der Waals surface area contributed by atoms with Gasteiger partial charge >= 0.3 is 22.9 Å². The molecule has 184 valence electrons. The van der Waals surface area contributed by atoms with Crippen LogP contribution in [0.5, 0.6) is 11.6 Å². The molecule has 3 aromatic carbocycles. The molecule has 0 saturated heterocycles. The number of hydrogen-bond donors (Lipinski definition) is 0. The van der Waals surface area contributed by atoms with Gasteiger partial charge in [-0.3, -0.25) is 4.79 Å². The zero-order chi connectivity index (χ0) is 25.9. The molecule has 0 fully saturated rings. The van der Waals surface area contributed by atoms with Crippen molar-refractivity contribution >= 4 is 43.9 Å². The van der Waals surface area contributed by atoms with Crippen LogP contribution in [-0.4, -0.2) is 14.3 Å². The summed E-state index contributed by atoms with van der Waals surface area (Å²) in [6.07, 6.45) is 2.11. The number of para-hydroxylation sites is 1. The van der Waals surface area contributed by atoms with Crippen LogP contribution in [0.3, 0.4) is 0 Å². The fourth-order valence-corrected chi connectivity index (χ4v) is 7.38. The quantitative estimate of drug-likeness (QED) is 0.180. The molecule has 0 amide bonds. The van der Waals surface area contributed by atoms with Gasteiger partial charge in [-0.2, -0.15) is 4.40 Å². The summed E-state index contributed by atoms with van der Waals surface area (Å²) in [5, 5.41) is 8.82. The third kappa shape index (κ3) is 1.80. The number of rotatable bonds is 1. The molecule has 0 N–H and O–H groups in total. The van der Waals surface area contributed by atoms with Gasteiger partial charge in [-0.15, -0.1) is 5.10 Å². The summed E-state index contributed by atoms with van der Waals surface area (Å²) in [6.45, 7) is 0. The summed E-state index contributed by atoms with van der Waals surface area (Å²) in [4.78, 5) is 16.2. The van der Waals surface area contributed by atoms with E-state index >= 15 is 0 Å². The molecule has 8 nitrogen and oxygen atoms in total. The number of quaternary nitrogens is 1. The Morgan fingerprint density at radius 3 is 2.52 bits per heavy atom. The van der Waals surface area contributed by atoms with E-state index in [1.165, 1.54) is 0 Å². The second kappa shape index (κ2) is 6.01. The second-order valence-corrected chi connectivity index (χ2v) is 10.7. The highest BCUT2D eigenvalue weighted by molar-refractivity contribution is 6.17. The van der Waals surface area contributed by atoms with Gasteiger partial charge in [0.2, 0.25) is 27.2 Å². The Balaban J connectivity index is 1.45. The smallest absolute Gasteiger partial charge is 0.394 e. The zero-order valence-electron chi connectivity index (χ0n) is 20.8. The van der Waals surface area contributed by atoms with Crippen LogP contribution in [0.4, 0.5) is 5.69 Å². The van der Waals surface area contributed by atoms with Crippen LogP contribution in [0.25, 0.3) is 60.9 Å². The van der Waals surface area contributed by atoms with Gasteiger partial charge in [0, 0.05) is 32.5 Å². The van der Waals surface area contributed by atoms with E-state index in [-0.39, 0.29) is 10.2 Å². The van der Waals surface area contributed by atoms with Crippen LogP contribution in [-0.2, 0) is 0 Å². The first-order chi connectivity index (χ1) is 19.8. The highest BCUT2D eigenvalue weighted by Crippen LogP contribution is 2.50. The molecular weight excluding hydrogens is 500 g/mol. The molecule has 0 bridgehead atoms. The van der Waals surface area contributed by atoms with Gasteiger partial charge in [0.15, 0.2) is 11.7 Å². The fourth-order valence-electron chi connectivity index (χ4n) is 7.38. The highest BCUT2D eigenvalue weighted by atomic mass is 16.5. The van der Waals surface area contributed by atoms with Gasteiger partial charge in [0.1, 0.15) is 4.68 Å². The fraction of sp³-hybridized carbons (Fsp3) is 0. The maximum absolute atomic E-state index is 14.1. The molecule has 0 aliphatic carbocycles. The van der Waals surface area contributed by atoms with E-state index < -0.39 is 0 Å². The van der Waals surface area contributed by atoms with Crippen molar-refractivity contribution in [1.82, 2.24) is 19.1 Å². The maximum Gasteiger partial charge on any atom is 0.438 e. The Morgan fingerprint density at radius 1 is 0.775 bits per heavy atom. The minimum atomic E-state index is 0.0271. The topological polar surface area (TPSA) is 56.3 Å². The van der Waals surface area contributed by atoms with E-state index in [9.17, 15) is 4.79 Å². The number of benzene rings is 3. The van der Waals surface area contributed by atoms with Crippen molar-refractivity contribution in [2.45, 2.75) is 0 Å². The van der Waals surface area contributed by atoms with E-state index in [0.717, 1.165) is 61.2 Å². The van der Waals surface area contributed by atoms with Crippen LogP contribution >= 0.6 is 0 Å². The molecule has 3 aliphatic heterocycles. The lowest BCUT2D eigenvalue weighted by atomic mass is 10.1. The number of hydrogen-bond acceptors (Lipinski definition) is 3. The van der Waals surface area contributed by atoms with E-state index in [1.54, 1.807) is 0 Å². The van der Waals surface area contributed by atoms with E-state index in [4.69, 9.17) is 9.84 Å². The number of fused-ring (bicyclic) bond motifs is 3. The summed E-state index contributed by atoms with van der Waals surface area (Å²) in [7, 11) is 0. The van der Waals surface area contributed by atoms with Gasteiger partial charge in [0.05, 0.1) is 27.9 Å². The Hall–Kier alpha value is -5.60. The minimum absolute atomic E-state index is 0.0271. The number of ether oxygens (including phenoxy) is 1. The Bertz CT molecular complexity index is 2550. The predicted molar refractivity (Wildman–Crippen MR) is 149 cm³/mol. The molecule has 8 heterocycles. The first kappa shape index (κ1) is 19.5. The molecular formula is C32H17N6O2+3. The summed E-state index contributed by atoms with van der Waals surface area (Å²) in [6, 6.07) is 32.6. The molecule has 1 unspecified atom stereocenters. The lowest BCUT2D eigenvalue weighted by molar-refractivity contribution is -1.05. The summed E-state index contributed by atoms with van der Waals surface area (Å²) < 4.78 is 13.3. The van der Waals surface area contributed by atoms with Crippen molar-refractivity contribution in [3.8, 4) is 34.3 Å². The summed E-state index contributed by atoms with van der Waals surface area (Å²) in [5.41, 5.74) is 7.55. The molecule has 11 rings (SSSR count). The third-order valence-corrected chi connectivity index (χ3v) is 8.85. The van der Waals surface area contributed by atoms with Crippen molar-refractivity contribution in [2.24, 2.45) is 0 Å². The number of nitrogens with zero attached hydrogens (tertiary/aromatic N) is 6. The normalized spacial score (nSPS) is 17.4. The van der Waals surface area contributed by atoms with Crippen LogP contribution in [0, 0.1) is 0 Å². The molecule has 3 aliphatic rings. The molecule has 8 aromatic rings. The van der Waals surface area contributed by atoms with Crippen molar-refractivity contribution in [2.75, 3.05) is 0 Å². The largest absolute Gasteiger partial charge is 0.438 e. The Morgan fingerprint density at radius 2 is 1.60 bits per heavy atom. The van der Waals surface area contributed by atoms with Crippen molar-refractivity contribution in [1.29, 1.82) is 0 Å². The van der Waals surface area contributed by atoms with Crippen LogP contribution < -0.4 is 24.3 Å². The molecule has 8 heteroatoms. The first-order valence-electron chi connectivity index (χ1n) is 13.3. The van der Waals surface area contributed by atoms with Crippen LogP contribution in [0.1, 0.15) is 0 Å². The predicted octanol–water partition coefficient (Wildman–Crippen LogP) is 4.73. The summed E-state index contributed by atoms with van der Waals surface area (Å²) in [5.74, 6) is 1.40. The van der Waals surface area contributed by atoms with Gasteiger partial charge < -0.3 is 4.74 Å². The molecule has 0 radical (unpaired) electrons. The number of aromatic nitrogens is 5. The molecule has 5 aromatic heterocycles. The lowest BCUT2D eigenvalue weighted by Gasteiger charge is -2.28. The minimum Gasteiger partial charge on any atom is -0.394 e.